The molecule has 12 N–H and O–H groups in total. The fourth-order valence-corrected chi connectivity index (χ4v) is 12.7. The van der Waals surface area contributed by atoms with E-state index in [1.54, 1.807) is 49.5 Å². The number of hydrogen-bond donors (Lipinski definition) is 11. The second kappa shape index (κ2) is 36.7. The number of unbranched alkanes of at least 4 members (excludes halogenated alkanes) is 1. The molecule has 0 saturated carbocycles. The summed E-state index contributed by atoms with van der Waals surface area (Å²) in [5.74, 6) is -5.94. The van der Waals surface area contributed by atoms with Crippen LogP contribution in [0.1, 0.15) is 82.1 Å². The van der Waals surface area contributed by atoms with Crippen molar-refractivity contribution < 1.29 is 43.2 Å². The number of anilines is 2. The van der Waals surface area contributed by atoms with Crippen LogP contribution in [0.4, 0.5) is 11.4 Å². The Morgan fingerprint density at radius 3 is 1.35 bits per heavy atom. The third-order valence-electron chi connectivity index (χ3n) is 17.7. The monoisotopic (exact) mass is 1420 g/mol. The Hall–Kier alpha value is -12.0. The molecule has 0 spiro atoms. The van der Waals surface area contributed by atoms with Gasteiger partial charge in [-0.2, -0.15) is 0 Å². The lowest BCUT2D eigenvalue weighted by atomic mass is 10.0. The molecule has 8 aromatic rings. The fourth-order valence-electron chi connectivity index (χ4n) is 12.7. The number of carbonyl (C=O) groups is 9. The van der Waals surface area contributed by atoms with Crippen molar-refractivity contribution in [2.45, 2.75) is 77.4 Å². The summed E-state index contributed by atoms with van der Waals surface area (Å²) in [7, 11) is 3.14. The normalized spacial score (nSPS) is 12.3. The molecule has 2 aliphatic rings. The first-order chi connectivity index (χ1) is 50.9. The lowest BCUT2D eigenvalue weighted by Gasteiger charge is -2.32. The number of carbonyl (C=O) groups excluding carboxylic acids is 9. The number of nitrogens with zero attached hydrogens (tertiary/aromatic N) is 4. The number of aromatic amines is 2. The van der Waals surface area contributed by atoms with E-state index in [1.807, 2.05) is 105 Å². The molecule has 3 aromatic heterocycles. The van der Waals surface area contributed by atoms with Crippen LogP contribution in [0.15, 0.2) is 170 Å². The van der Waals surface area contributed by atoms with Gasteiger partial charge in [-0.15, -0.1) is 0 Å². The first-order valence-corrected chi connectivity index (χ1v) is 35.3. The third-order valence-corrected chi connectivity index (χ3v) is 17.7. The van der Waals surface area contributed by atoms with Gasteiger partial charge in [0.2, 0.25) is 53.2 Å². The van der Waals surface area contributed by atoms with Crippen molar-refractivity contribution in [1.82, 2.24) is 62.1 Å². The average molecular weight is 1420 g/mol. The zero-order valence-corrected chi connectivity index (χ0v) is 59.5. The number of fused-ring (bicyclic) bond motifs is 8. The molecule has 0 radical (unpaired) electrons. The first-order valence-electron chi connectivity index (χ1n) is 35.3. The number of nitrogens with one attached hydrogen (secondary N) is 10. The SMILES string of the molecule is CNCC(=O)NCCNC(=O)CNC(=O)[C@H](CC(C)C)NC(=O)[C@H](C)N(C(=O)CNC(=O)[C@H](CCCCN)N(C(=O)CCC(=O)Nc1ccc(-c2c3nc(c(-c4ccccc4)c4ccc([nH]4)c(-c4ccccc4)c4nc(c(-c5ccccc5)c5ccc2[nH]5)C=C4)C=C3)cc1)C(=O)CNC)c1ccccc1. The molecule has 0 unspecified atom stereocenters. The Labute approximate surface area is 609 Å². The highest BCUT2D eigenvalue weighted by molar-refractivity contribution is 6.07. The number of amides is 9. The Morgan fingerprint density at radius 1 is 0.448 bits per heavy atom. The number of para-hydroxylation sites is 1. The van der Waals surface area contributed by atoms with Crippen LogP contribution in [0.2, 0.25) is 0 Å². The van der Waals surface area contributed by atoms with Crippen LogP contribution < -0.4 is 53.2 Å². The highest BCUT2D eigenvalue weighted by Gasteiger charge is 2.36. The predicted molar refractivity (Wildman–Crippen MR) is 412 cm³/mol. The van der Waals surface area contributed by atoms with E-state index in [-0.39, 0.29) is 69.5 Å². The topological polar surface area (TPSA) is 340 Å². The summed E-state index contributed by atoms with van der Waals surface area (Å²) in [6, 6.07) is 50.4. The van der Waals surface area contributed by atoms with Gasteiger partial charge in [-0.3, -0.25) is 53.0 Å². The van der Waals surface area contributed by atoms with Gasteiger partial charge in [0.05, 0.1) is 49.0 Å². The molecule has 9 amide bonds. The maximum Gasteiger partial charge on any atom is 0.247 e. The van der Waals surface area contributed by atoms with Crippen molar-refractivity contribution in [3.63, 3.8) is 0 Å². The second-order valence-corrected chi connectivity index (χ2v) is 25.8. The standard InChI is InChI=1S/C81H89N15O9/c1-51(2)46-67(80(104)87-48-71(99)86-45-44-85-70(98)47-83-4)94-79(103)52(3)95(58-26-16-9-17-27-58)74(102)50-88-81(105)68(28-18-19-43-82)96(73(101)49-84-5)72(100)42-41-69(97)89-57-31-29-56(30-32-57)78-65-39-37-63(92-65)76(54-22-12-7-13-23-54)61-35-33-59(90-61)75(53-20-10-6-11-21-53)60-34-36-62(91-60)77(55-24-14-8-15-25-55)64-38-40-66(78)93-64/h6-17,20-27,29-40,51-52,67-68,83-84,90,93H,18-19,28,41-50,82H2,1-5H3,(H,85,98)(H,86,99)(H,87,104)(H,88,105)(H,89,97)(H,94,103)/t52-,67-,68-/m0/s1. The van der Waals surface area contributed by atoms with Crippen LogP contribution in [0, 0.1) is 5.92 Å². The van der Waals surface area contributed by atoms with E-state index in [9.17, 15) is 43.2 Å². The molecule has 24 heteroatoms. The predicted octanol–water partition coefficient (Wildman–Crippen LogP) is 8.75. The number of hydrogen-bond acceptors (Lipinski definition) is 14. The van der Waals surface area contributed by atoms with Gasteiger partial charge in [0.1, 0.15) is 18.1 Å². The van der Waals surface area contributed by atoms with E-state index in [2.05, 4.69) is 113 Å². The molecule has 3 atom stereocenters. The summed E-state index contributed by atoms with van der Waals surface area (Å²) in [5.41, 5.74) is 20.1. The zero-order chi connectivity index (χ0) is 74.4. The van der Waals surface area contributed by atoms with E-state index < -0.39 is 84.9 Å². The van der Waals surface area contributed by atoms with Crippen LogP contribution in [0.3, 0.4) is 0 Å². The number of rotatable bonds is 32. The van der Waals surface area contributed by atoms with Gasteiger partial charge in [-0.25, -0.2) is 9.97 Å². The second-order valence-electron chi connectivity index (χ2n) is 25.8. The molecule has 5 heterocycles. The number of nitrogens with two attached hydrogens (primary N) is 1. The summed E-state index contributed by atoms with van der Waals surface area (Å²) in [6.07, 6.45) is 8.15. The highest BCUT2D eigenvalue weighted by Crippen LogP contribution is 2.39. The van der Waals surface area contributed by atoms with Crippen molar-refractivity contribution in [2.75, 3.05) is 70.1 Å². The Morgan fingerprint density at radius 2 is 0.895 bits per heavy atom. The molecule has 24 nitrogen and oxygen atoms in total. The van der Waals surface area contributed by atoms with Gasteiger partial charge in [-0.05, 0) is 154 Å². The van der Waals surface area contributed by atoms with E-state index in [4.69, 9.17) is 15.7 Å². The Kier molecular flexibility index (Phi) is 26.5. The quantitative estimate of drug-likeness (QED) is 0.0176. The molecule has 105 heavy (non-hydrogen) atoms. The summed E-state index contributed by atoms with van der Waals surface area (Å²) < 4.78 is 0. The maximum atomic E-state index is 14.5. The summed E-state index contributed by atoms with van der Waals surface area (Å²) in [5, 5.41) is 21.6. The van der Waals surface area contributed by atoms with Gasteiger partial charge < -0.3 is 58.2 Å². The summed E-state index contributed by atoms with van der Waals surface area (Å²) in [6.45, 7) is 4.34. The van der Waals surface area contributed by atoms with Crippen molar-refractivity contribution in [3.8, 4) is 44.5 Å². The highest BCUT2D eigenvalue weighted by atomic mass is 16.2. The minimum atomic E-state index is -1.45. The smallest absolute Gasteiger partial charge is 0.247 e. The number of likely N-dealkylation sites (N-methyl/N-ethyl adjacent to an activating group) is 2. The zero-order valence-electron chi connectivity index (χ0n) is 59.5. The summed E-state index contributed by atoms with van der Waals surface area (Å²) >= 11 is 0. The van der Waals surface area contributed by atoms with E-state index in [1.165, 1.54) is 14.0 Å². The van der Waals surface area contributed by atoms with Gasteiger partial charge >= 0.3 is 0 Å². The third kappa shape index (κ3) is 19.6. The van der Waals surface area contributed by atoms with E-state index >= 15 is 0 Å². The van der Waals surface area contributed by atoms with E-state index in [0.717, 1.165) is 93.5 Å². The van der Waals surface area contributed by atoms with E-state index in [0.29, 0.717) is 24.2 Å². The molecular weight excluding hydrogens is 1330 g/mol. The molecule has 0 fully saturated rings. The van der Waals surface area contributed by atoms with Gasteiger partial charge in [0, 0.05) is 81.6 Å². The molecular formula is C81H89N15O9. The van der Waals surface area contributed by atoms with Crippen molar-refractivity contribution >= 4 is 111 Å². The average Bonchev–Trinajstić information content (AvgIpc) is 1.62. The molecule has 2 aliphatic heterocycles. The Balaban J connectivity index is 0.872. The molecule has 0 aliphatic carbocycles. The van der Waals surface area contributed by atoms with Crippen LogP contribution in [-0.4, -0.2) is 156 Å². The first kappa shape index (κ1) is 75.7. The van der Waals surface area contributed by atoms with Crippen LogP contribution in [0.25, 0.3) is 90.9 Å². The minimum absolute atomic E-state index is 0.0355. The molecule has 5 aromatic carbocycles. The molecule has 8 bridgehead atoms. The number of imide groups is 1. The van der Waals surface area contributed by atoms with Crippen LogP contribution in [0.5, 0.6) is 0 Å². The molecule has 542 valence electrons. The minimum Gasteiger partial charge on any atom is -0.354 e. The lowest BCUT2D eigenvalue weighted by molar-refractivity contribution is -0.152. The molecule has 0 saturated heterocycles. The number of H-pyrrole nitrogens is 2. The largest absolute Gasteiger partial charge is 0.354 e. The van der Waals surface area contributed by atoms with Crippen molar-refractivity contribution in [3.05, 3.63) is 193 Å². The van der Waals surface area contributed by atoms with Gasteiger partial charge in [-0.1, -0.05) is 135 Å². The fraction of sp³-hybridized carbons (Fsp3) is 0.272. The van der Waals surface area contributed by atoms with Gasteiger partial charge in [0.15, 0.2) is 0 Å². The lowest BCUT2D eigenvalue weighted by Crippen LogP contribution is -2.57. The molecule has 10 rings (SSSR count). The summed E-state index contributed by atoms with van der Waals surface area (Å²) in [4.78, 5) is 144. The van der Waals surface area contributed by atoms with Crippen molar-refractivity contribution in [2.24, 2.45) is 11.7 Å². The number of aromatic nitrogens is 4. The number of benzene rings is 5. The Bertz CT molecular complexity index is 4640. The van der Waals surface area contributed by atoms with Crippen LogP contribution >= 0.6 is 0 Å². The van der Waals surface area contributed by atoms with Crippen molar-refractivity contribution in [1.29, 1.82) is 0 Å². The van der Waals surface area contributed by atoms with Crippen LogP contribution in [-0.2, 0) is 43.2 Å². The van der Waals surface area contributed by atoms with Gasteiger partial charge in [0.25, 0.3) is 0 Å². The maximum absolute atomic E-state index is 14.5.